The fraction of sp³-hybridized carbons (Fsp3) is 0.143. The van der Waals surface area contributed by atoms with E-state index in [-0.39, 0.29) is 0 Å². The Bertz CT molecular complexity index is 1270. The number of nitrogens with two attached hydrogens (primary N) is 1. The minimum Gasteiger partial charge on any atom is -0.369 e. The van der Waals surface area contributed by atoms with Crippen molar-refractivity contribution in [2.45, 2.75) is 12.0 Å². The molecule has 0 saturated heterocycles. The average molecular weight is 456 g/mol. The van der Waals surface area contributed by atoms with Crippen LogP contribution in [0, 0.1) is 5.92 Å². The van der Waals surface area contributed by atoms with E-state index in [1.807, 2.05) is 12.1 Å². The van der Waals surface area contributed by atoms with Crippen LogP contribution in [0.5, 0.6) is 0 Å². The third-order valence-corrected chi connectivity index (χ3v) is 6.23. The van der Waals surface area contributed by atoms with Crippen molar-refractivity contribution < 1.29 is 14.4 Å². The Labute approximate surface area is 186 Å². The van der Waals surface area contributed by atoms with Gasteiger partial charge in [-0.3, -0.25) is 14.4 Å². The number of fused-ring (bicyclic) bond motifs is 4. The number of carbonyl (C=O) groups excluding carboxylic acids is 3. The number of nitrogens with one attached hydrogen (secondary N) is 2. The molecule has 8 nitrogen and oxygen atoms in total. The van der Waals surface area contributed by atoms with Crippen molar-refractivity contribution in [3.8, 4) is 0 Å². The number of hydrogen-bond donors (Lipinski definition) is 3. The van der Waals surface area contributed by atoms with Crippen LogP contribution in [0.2, 0.25) is 10.0 Å². The van der Waals surface area contributed by atoms with Gasteiger partial charge < -0.3 is 16.4 Å². The molecule has 0 radical (unpaired) electrons. The number of benzene rings is 2. The van der Waals surface area contributed by atoms with Crippen LogP contribution < -0.4 is 16.4 Å². The van der Waals surface area contributed by atoms with E-state index in [0.29, 0.717) is 39.2 Å². The molecule has 5 rings (SSSR count). The predicted octanol–water partition coefficient (Wildman–Crippen LogP) is 2.53. The first-order chi connectivity index (χ1) is 14.8. The fourth-order valence-corrected chi connectivity index (χ4v) is 4.72. The summed E-state index contributed by atoms with van der Waals surface area (Å²) >= 11 is 12.2. The van der Waals surface area contributed by atoms with Crippen LogP contribution in [-0.4, -0.2) is 27.5 Å². The van der Waals surface area contributed by atoms with Gasteiger partial charge in [0.1, 0.15) is 17.2 Å². The average Bonchev–Trinajstić information content (AvgIpc) is 3.23. The van der Waals surface area contributed by atoms with E-state index >= 15 is 0 Å². The molecule has 2 unspecified atom stereocenters. The Morgan fingerprint density at radius 1 is 1.06 bits per heavy atom. The summed E-state index contributed by atoms with van der Waals surface area (Å²) in [5.41, 5.74) is 6.09. The molecule has 0 aliphatic carbocycles. The van der Waals surface area contributed by atoms with E-state index < -0.39 is 29.1 Å². The molecular formula is C21H15Cl2N5O3. The second-order valence-corrected chi connectivity index (χ2v) is 8.34. The van der Waals surface area contributed by atoms with Crippen molar-refractivity contribution in [1.29, 1.82) is 0 Å². The summed E-state index contributed by atoms with van der Waals surface area (Å²) in [5, 5.41) is 10.8. The summed E-state index contributed by atoms with van der Waals surface area (Å²) in [6.07, 6.45) is 1.48. The molecule has 0 fully saturated rings. The molecular weight excluding hydrogens is 441 g/mol. The van der Waals surface area contributed by atoms with Crippen molar-refractivity contribution in [2.24, 2.45) is 11.7 Å². The van der Waals surface area contributed by atoms with Crippen molar-refractivity contribution in [1.82, 2.24) is 9.78 Å². The first kappa shape index (κ1) is 19.6. The molecule has 3 amide bonds. The molecule has 4 N–H and O–H groups in total. The highest BCUT2D eigenvalue weighted by Gasteiger charge is 2.62. The van der Waals surface area contributed by atoms with Crippen molar-refractivity contribution in [2.75, 3.05) is 10.6 Å². The van der Waals surface area contributed by atoms with Gasteiger partial charge in [-0.1, -0.05) is 35.3 Å². The molecule has 31 heavy (non-hydrogen) atoms. The van der Waals surface area contributed by atoms with Gasteiger partial charge in [0.15, 0.2) is 0 Å². The normalized spacial score (nSPS) is 21.4. The van der Waals surface area contributed by atoms with Gasteiger partial charge in [0, 0.05) is 21.3 Å². The zero-order valence-electron chi connectivity index (χ0n) is 15.9. The lowest BCUT2D eigenvalue weighted by molar-refractivity contribution is -0.138. The van der Waals surface area contributed by atoms with Gasteiger partial charge in [-0.25, -0.2) is 4.68 Å². The van der Waals surface area contributed by atoms with Crippen LogP contribution in [0.1, 0.15) is 16.7 Å². The lowest BCUT2D eigenvalue weighted by atomic mass is 9.64. The zero-order chi connectivity index (χ0) is 21.9. The topological polar surface area (TPSA) is 119 Å². The molecule has 0 saturated carbocycles. The van der Waals surface area contributed by atoms with Crippen LogP contribution in [0.4, 0.5) is 11.5 Å². The van der Waals surface area contributed by atoms with E-state index in [2.05, 4.69) is 15.7 Å². The SMILES string of the molecule is NC(=O)C1C(=O)Nc2c(cnn2Cc2ccc(Cl)cc2)C12C(=O)Nc1ccc(Cl)cc12. The van der Waals surface area contributed by atoms with Gasteiger partial charge in [-0.05, 0) is 41.5 Å². The van der Waals surface area contributed by atoms with E-state index in [1.54, 1.807) is 35.0 Å². The Morgan fingerprint density at radius 2 is 1.77 bits per heavy atom. The monoisotopic (exact) mass is 455 g/mol. The van der Waals surface area contributed by atoms with Gasteiger partial charge in [-0.15, -0.1) is 0 Å². The minimum absolute atomic E-state index is 0.314. The number of halogens is 2. The minimum atomic E-state index is -1.66. The maximum atomic E-state index is 13.4. The first-order valence-electron chi connectivity index (χ1n) is 9.34. The standard InChI is InChI=1S/C21H15Cl2N5O3/c22-11-3-1-10(2-4-11)9-28-18-14(8-25-28)21(16(17(24)29)19(30)27-18)13-7-12(23)5-6-15(13)26-20(21)31/h1-8,16H,9H2,(H2,24,29)(H,26,31)(H,27,30). The van der Waals surface area contributed by atoms with Crippen LogP contribution in [0.15, 0.2) is 48.7 Å². The van der Waals surface area contributed by atoms with Gasteiger partial charge in [0.05, 0.1) is 12.7 Å². The number of aromatic nitrogens is 2. The molecule has 1 spiro atoms. The Balaban J connectivity index is 1.73. The fourth-order valence-electron chi connectivity index (χ4n) is 4.42. The lowest BCUT2D eigenvalue weighted by Crippen LogP contribution is -2.56. The number of rotatable bonds is 3. The highest BCUT2D eigenvalue weighted by Crippen LogP contribution is 2.53. The molecule has 156 valence electrons. The summed E-state index contributed by atoms with van der Waals surface area (Å²) in [4.78, 5) is 38.8. The largest absolute Gasteiger partial charge is 0.369 e. The number of amides is 3. The smallest absolute Gasteiger partial charge is 0.241 e. The van der Waals surface area contributed by atoms with Crippen LogP contribution in [-0.2, 0) is 26.3 Å². The molecule has 10 heteroatoms. The van der Waals surface area contributed by atoms with Crippen LogP contribution in [0.25, 0.3) is 0 Å². The molecule has 1 aromatic heterocycles. The third-order valence-electron chi connectivity index (χ3n) is 5.74. The quantitative estimate of drug-likeness (QED) is 0.525. The number of nitrogens with zero attached hydrogens (tertiary/aromatic N) is 2. The number of anilines is 2. The van der Waals surface area contributed by atoms with Gasteiger partial charge in [0.2, 0.25) is 17.7 Å². The molecule has 3 aromatic rings. The highest BCUT2D eigenvalue weighted by atomic mass is 35.5. The second-order valence-electron chi connectivity index (χ2n) is 7.47. The second kappa shape index (κ2) is 6.83. The van der Waals surface area contributed by atoms with Crippen molar-refractivity contribution in [3.05, 3.63) is 75.4 Å². The molecule has 3 heterocycles. The number of primary amides is 1. The van der Waals surface area contributed by atoms with Crippen molar-refractivity contribution >= 4 is 52.4 Å². The van der Waals surface area contributed by atoms with Gasteiger partial charge in [0.25, 0.3) is 0 Å². The Kier molecular flexibility index (Phi) is 4.32. The third kappa shape index (κ3) is 2.75. The van der Waals surface area contributed by atoms with Crippen molar-refractivity contribution in [3.63, 3.8) is 0 Å². The highest BCUT2D eigenvalue weighted by molar-refractivity contribution is 6.31. The lowest BCUT2D eigenvalue weighted by Gasteiger charge is -2.37. The Hall–Kier alpha value is -3.36. The molecule has 2 atom stereocenters. The van der Waals surface area contributed by atoms with Crippen LogP contribution in [0.3, 0.4) is 0 Å². The number of carbonyl (C=O) groups is 3. The summed E-state index contributed by atoms with van der Waals surface area (Å²) in [6.45, 7) is 0.314. The molecule has 2 aromatic carbocycles. The molecule has 2 aliphatic rings. The van der Waals surface area contributed by atoms with Crippen LogP contribution >= 0.6 is 23.2 Å². The van der Waals surface area contributed by atoms with E-state index in [4.69, 9.17) is 28.9 Å². The number of hydrogen-bond acceptors (Lipinski definition) is 4. The van der Waals surface area contributed by atoms with Gasteiger partial charge >= 0.3 is 0 Å². The van der Waals surface area contributed by atoms with E-state index in [1.165, 1.54) is 6.20 Å². The van der Waals surface area contributed by atoms with Gasteiger partial charge in [-0.2, -0.15) is 5.10 Å². The summed E-state index contributed by atoms with van der Waals surface area (Å²) in [6, 6.07) is 12.0. The maximum absolute atomic E-state index is 13.4. The predicted molar refractivity (Wildman–Crippen MR) is 115 cm³/mol. The van der Waals surface area contributed by atoms with E-state index in [9.17, 15) is 14.4 Å². The maximum Gasteiger partial charge on any atom is 0.241 e. The molecule has 2 aliphatic heterocycles. The van der Waals surface area contributed by atoms with E-state index in [0.717, 1.165) is 5.56 Å². The summed E-state index contributed by atoms with van der Waals surface area (Å²) in [5.74, 6) is -3.28. The summed E-state index contributed by atoms with van der Waals surface area (Å²) < 4.78 is 1.56. The molecule has 0 bridgehead atoms. The summed E-state index contributed by atoms with van der Waals surface area (Å²) in [7, 11) is 0. The first-order valence-corrected chi connectivity index (χ1v) is 10.1. The zero-order valence-corrected chi connectivity index (χ0v) is 17.4. The Morgan fingerprint density at radius 3 is 2.48 bits per heavy atom.